The predicted octanol–water partition coefficient (Wildman–Crippen LogP) is 19.3. The van der Waals surface area contributed by atoms with Crippen LogP contribution in [0.2, 0.25) is 0 Å². The van der Waals surface area contributed by atoms with Gasteiger partial charge in [0.1, 0.15) is 13.2 Å². The Morgan fingerprint density at radius 1 is 0.303 bits per heavy atom. The molecule has 0 aromatic heterocycles. The molecule has 0 aliphatic rings. The Kier molecular flexibility index (Phi) is 53.2. The molecule has 0 saturated carbocycles. The van der Waals surface area contributed by atoms with E-state index in [0.29, 0.717) is 19.3 Å². The highest BCUT2D eigenvalue weighted by molar-refractivity contribution is 5.71. The summed E-state index contributed by atoms with van der Waals surface area (Å²) in [5.74, 6) is -0.882. The van der Waals surface area contributed by atoms with Crippen molar-refractivity contribution >= 4 is 17.9 Å². The number of ether oxygens (including phenoxy) is 3. The zero-order valence-electron chi connectivity index (χ0n) is 44.2. The predicted molar refractivity (Wildman–Crippen MR) is 284 cm³/mol. The molecule has 0 heterocycles. The molecule has 0 fully saturated rings. The lowest BCUT2D eigenvalue weighted by molar-refractivity contribution is -0.167. The van der Waals surface area contributed by atoms with Crippen LogP contribution >= 0.6 is 0 Å². The van der Waals surface area contributed by atoms with E-state index in [2.05, 4.69) is 57.2 Å². The Morgan fingerprint density at radius 2 is 0.545 bits per heavy atom. The quantitative estimate of drug-likeness (QED) is 0.0262. The molecular weight excluding hydrogens is 817 g/mol. The van der Waals surface area contributed by atoms with Gasteiger partial charge in [0.2, 0.25) is 0 Å². The Labute approximate surface area is 410 Å². The van der Waals surface area contributed by atoms with E-state index >= 15 is 0 Å². The number of esters is 3. The Morgan fingerprint density at radius 3 is 0.864 bits per heavy atom. The van der Waals surface area contributed by atoms with Crippen molar-refractivity contribution in [3.8, 4) is 0 Å². The second-order valence-electron chi connectivity index (χ2n) is 19.6. The van der Waals surface area contributed by atoms with Crippen LogP contribution in [-0.4, -0.2) is 37.2 Å². The van der Waals surface area contributed by atoms with E-state index in [4.69, 9.17) is 14.2 Å². The van der Waals surface area contributed by atoms with E-state index in [-0.39, 0.29) is 31.1 Å². The van der Waals surface area contributed by atoms with Crippen LogP contribution in [0.5, 0.6) is 0 Å². The summed E-state index contributed by atoms with van der Waals surface area (Å²) in [6.07, 6.45) is 65.6. The van der Waals surface area contributed by atoms with Gasteiger partial charge >= 0.3 is 17.9 Å². The Balaban J connectivity index is 4.37. The third kappa shape index (κ3) is 52.6. The van der Waals surface area contributed by atoms with Crippen molar-refractivity contribution in [1.82, 2.24) is 0 Å². The van der Waals surface area contributed by atoms with Crippen molar-refractivity contribution in [3.05, 3.63) is 36.5 Å². The van der Waals surface area contributed by atoms with Crippen molar-refractivity contribution in [2.45, 2.75) is 316 Å². The summed E-state index contributed by atoms with van der Waals surface area (Å²) < 4.78 is 16.9. The first kappa shape index (κ1) is 63.6. The van der Waals surface area contributed by atoms with Gasteiger partial charge in [-0.25, -0.2) is 0 Å². The van der Waals surface area contributed by atoms with Crippen LogP contribution in [-0.2, 0) is 28.6 Å². The van der Waals surface area contributed by atoms with E-state index in [1.807, 2.05) is 0 Å². The van der Waals surface area contributed by atoms with Crippen LogP contribution in [0.15, 0.2) is 36.5 Å². The summed E-state index contributed by atoms with van der Waals surface area (Å²) in [7, 11) is 0. The second-order valence-corrected chi connectivity index (χ2v) is 19.6. The molecule has 1 atom stereocenters. The summed E-state index contributed by atoms with van der Waals surface area (Å²) >= 11 is 0. The molecule has 6 nitrogen and oxygen atoms in total. The lowest BCUT2D eigenvalue weighted by Gasteiger charge is -2.18. The average Bonchev–Trinajstić information content (AvgIpc) is 3.31. The van der Waals surface area contributed by atoms with Crippen molar-refractivity contribution < 1.29 is 28.6 Å². The SMILES string of the molecule is CCCCCC/C=C\C/C=C\CCCCCCCC(=O)OC(COC(=O)CCCCCCC/C=C\CCCCCCCC)COC(=O)CCCCCCCCCCCCCCCCCCC. The van der Waals surface area contributed by atoms with Crippen LogP contribution in [0.1, 0.15) is 310 Å². The zero-order valence-corrected chi connectivity index (χ0v) is 44.2. The van der Waals surface area contributed by atoms with Crippen LogP contribution < -0.4 is 0 Å². The zero-order chi connectivity index (χ0) is 47.9. The Hall–Kier alpha value is -2.37. The minimum Gasteiger partial charge on any atom is -0.462 e. The van der Waals surface area contributed by atoms with Gasteiger partial charge in [-0.15, -0.1) is 0 Å². The van der Waals surface area contributed by atoms with Crippen molar-refractivity contribution in [2.75, 3.05) is 13.2 Å². The highest BCUT2D eigenvalue weighted by Gasteiger charge is 2.19. The topological polar surface area (TPSA) is 78.9 Å². The fraction of sp³-hybridized carbons (Fsp3) is 0.850. The fourth-order valence-corrected chi connectivity index (χ4v) is 8.47. The molecule has 0 aromatic carbocycles. The van der Waals surface area contributed by atoms with Gasteiger partial charge in [0.05, 0.1) is 0 Å². The van der Waals surface area contributed by atoms with Crippen molar-refractivity contribution in [1.29, 1.82) is 0 Å². The lowest BCUT2D eigenvalue weighted by Crippen LogP contribution is -2.30. The smallest absolute Gasteiger partial charge is 0.306 e. The summed E-state index contributed by atoms with van der Waals surface area (Å²) in [6, 6.07) is 0. The monoisotopic (exact) mass is 927 g/mol. The number of allylic oxidation sites excluding steroid dienone is 6. The van der Waals surface area contributed by atoms with E-state index in [9.17, 15) is 14.4 Å². The maximum absolute atomic E-state index is 12.8. The largest absolute Gasteiger partial charge is 0.462 e. The molecule has 386 valence electrons. The molecule has 6 heteroatoms. The highest BCUT2D eigenvalue weighted by Crippen LogP contribution is 2.16. The highest BCUT2D eigenvalue weighted by atomic mass is 16.6. The number of carbonyl (C=O) groups excluding carboxylic acids is 3. The first-order valence-electron chi connectivity index (χ1n) is 29.0. The van der Waals surface area contributed by atoms with Crippen LogP contribution in [0.25, 0.3) is 0 Å². The molecule has 0 spiro atoms. The fourth-order valence-electron chi connectivity index (χ4n) is 8.47. The molecule has 0 amide bonds. The van der Waals surface area contributed by atoms with Gasteiger partial charge in [0.15, 0.2) is 6.10 Å². The number of carbonyl (C=O) groups is 3. The van der Waals surface area contributed by atoms with Gasteiger partial charge in [-0.2, -0.15) is 0 Å². The molecule has 66 heavy (non-hydrogen) atoms. The molecule has 1 unspecified atom stereocenters. The first-order valence-corrected chi connectivity index (χ1v) is 29.0. The van der Waals surface area contributed by atoms with Gasteiger partial charge in [-0.3, -0.25) is 14.4 Å². The number of hydrogen-bond acceptors (Lipinski definition) is 6. The van der Waals surface area contributed by atoms with Gasteiger partial charge in [0.25, 0.3) is 0 Å². The van der Waals surface area contributed by atoms with Crippen molar-refractivity contribution in [3.63, 3.8) is 0 Å². The van der Waals surface area contributed by atoms with Crippen LogP contribution in [0.3, 0.4) is 0 Å². The average molecular weight is 928 g/mol. The molecule has 0 aliphatic heterocycles. The van der Waals surface area contributed by atoms with Gasteiger partial charge in [0, 0.05) is 19.3 Å². The third-order valence-electron chi connectivity index (χ3n) is 12.9. The molecule has 0 aromatic rings. The Bertz CT molecular complexity index is 1110. The summed E-state index contributed by atoms with van der Waals surface area (Å²) in [4.78, 5) is 38.1. The molecule has 0 radical (unpaired) electrons. The first-order chi connectivity index (χ1) is 32.5. The van der Waals surface area contributed by atoms with E-state index in [1.54, 1.807) is 0 Å². The number of hydrogen-bond donors (Lipinski definition) is 0. The lowest BCUT2D eigenvalue weighted by atomic mass is 10.0. The van der Waals surface area contributed by atoms with E-state index in [0.717, 1.165) is 89.9 Å². The molecular formula is C60H110O6. The van der Waals surface area contributed by atoms with E-state index < -0.39 is 6.10 Å². The maximum Gasteiger partial charge on any atom is 0.306 e. The van der Waals surface area contributed by atoms with Gasteiger partial charge in [-0.1, -0.05) is 250 Å². The molecule has 0 saturated heterocycles. The van der Waals surface area contributed by atoms with Gasteiger partial charge in [-0.05, 0) is 77.0 Å². The van der Waals surface area contributed by atoms with Crippen LogP contribution in [0, 0.1) is 0 Å². The normalized spacial score (nSPS) is 12.2. The summed E-state index contributed by atoms with van der Waals surface area (Å²) in [6.45, 7) is 6.64. The molecule has 0 N–H and O–H groups in total. The maximum atomic E-state index is 12.8. The summed E-state index contributed by atoms with van der Waals surface area (Å²) in [5.41, 5.74) is 0. The van der Waals surface area contributed by atoms with Gasteiger partial charge < -0.3 is 14.2 Å². The third-order valence-corrected chi connectivity index (χ3v) is 12.9. The standard InChI is InChI=1S/C60H110O6/c1-4-7-10-13-16-19-22-25-28-30-33-35-38-41-44-47-50-53-59(62)65-56-57(55-64-58(61)52-49-46-43-40-37-34-31-27-24-21-18-15-12-9-6-3)66-60(63)54-51-48-45-42-39-36-32-29-26-23-20-17-14-11-8-5-2/h20,23,27,29,31-32,57H,4-19,21-22,24-26,28,30,33-56H2,1-3H3/b23-20-,31-27-,32-29-. The molecule has 0 aliphatic carbocycles. The van der Waals surface area contributed by atoms with E-state index in [1.165, 1.54) is 180 Å². The minimum atomic E-state index is -0.780. The summed E-state index contributed by atoms with van der Waals surface area (Å²) in [5, 5.41) is 0. The minimum absolute atomic E-state index is 0.0769. The molecule has 0 rings (SSSR count). The van der Waals surface area contributed by atoms with Crippen molar-refractivity contribution in [2.24, 2.45) is 0 Å². The number of rotatable bonds is 53. The van der Waals surface area contributed by atoms with Crippen LogP contribution in [0.4, 0.5) is 0 Å². The second kappa shape index (κ2) is 55.2. The molecule has 0 bridgehead atoms. The number of unbranched alkanes of at least 4 members (excludes halogenated alkanes) is 36.